The molecule has 0 saturated carbocycles. The zero-order valence-corrected chi connectivity index (χ0v) is 8.95. The monoisotopic (exact) mass is 281 g/mol. The summed E-state index contributed by atoms with van der Waals surface area (Å²) in [4.78, 5) is 13.0. The zero-order chi connectivity index (χ0) is 10.9. The van der Waals surface area contributed by atoms with Gasteiger partial charge >= 0.3 is 5.69 Å². The first-order chi connectivity index (χ1) is 6.32. The highest BCUT2D eigenvalue weighted by Gasteiger charge is 2.24. The number of aromatic nitrogens is 1. The molecule has 7 nitrogen and oxygen atoms in total. The lowest BCUT2D eigenvalue weighted by Gasteiger charge is -1.99. The minimum absolute atomic E-state index is 0.159. The lowest BCUT2D eigenvalue weighted by atomic mass is 10.4. The Morgan fingerprint density at radius 3 is 2.50 bits per heavy atom. The molecule has 1 rings (SSSR count). The summed E-state index contributed by atoms with van der Waals surface area (Å²) in [5, 5.41) is 14.4. The van der Waals surface area contributed by atoms with E-state index < -0.39 is 25.7 Å². The van der Waals surface area contributed by atoms with E-state index in [-0.39, 0.29) is 4.60 Å². The van der Waals surface area contributed by atoms with Crippen LogP contribution in [0.4, 0.5) is 5.69 Å². The zero-order valence-electron chi connectivity index (χ0n) is 6.55. The minimum Gasteiger partial charge on any atom is -0.258 e. The number of primary sulfonamides is 1. The van der Waals surface area contributed by atoms with Gasteiger partial charge in [0.1, 0.15) is 4.60 Å². The van der Waals surface area contributed by atoms with E-state index in [9.17, 15) is 18.5 Å². The summed E-state index contributed by atoms with van der Waals surface area (Å²) >= 11 is 2.88. The van der Waals surface area contributed by atoms with E-state index in [2.05, 4.69) is 20.9 Å². The normalized spacial score (nSPS) is 11.3. The van der Waals surface area contributed by atoms with E-state index in [0.29, 0.717) is 0 Å². The van der Waals surface area contributed by atoms with Crippen LogP contribution in [0.15, 0.2) is 21.8 Å². The van der Waals surface area contributed by atoms with E-state index in [0.717, 1.165) is 6.07 Å². The van der Waals surface area contributed by atoms with Crippen molar-refractivity contribution in [3.05, 3.63) is 26.9 Å². The van der Waals surface area contributed by atoms with E-state index in [1.165, 1.54) is 6.07 Å². The second-order valence-electron chi connectivity index (χ2n) is 2.26. The molecule has 2 N–H and O–H groups in total. The summed E-state index contributed by atoms with van der Waals surface area (Å²) in [6, 6.07) is 2.27. The molecular formula is C5H4BrN3O4S. The molecule has 0 bridgehead atoms. The quantitative estimate of drug-likeness (QED) is 0.478. The number of halogens is 1. The standard InChI is InChI=1S/C5H4BrN3O4S/c6-4-2-1-3(9(10)11)5(8-4)14(7,12)13/h1-2H,(H2,7,12,13). The molecule has 1 heterocycles. The molecule has 76 valence electrons. The van der Waals surface area contributed by atoms with Crippen molar-refractivity contribution in [3.8, 4) is 0 Å². The van der Waals surface area contributed by atoms with Crippen LogP contribution in [0.1, 0.15) is 0 Å². The first-order valence-corrected chi connectivity index (χ1v) is 5.50. The number of sulfonamides is 1. The second-order valence-corrected chi connectivity index (χ2v) is 4.55. The highest BCUT2D eigenvalue weighted by Crippen LogP contribution is 2.22. The molecule has 0 atom stereocenters. The number of nitrogens with zero attached hydrogens (tertiary/aromatic N) is 2. The molecule has 0 spiro atoms. The second kappa shape index (κ2) is 3.59. The van der Waals surface area contributed by atoms with Crippen molar-refractivity contribution >= 4 is 31.6 Å². The van der Waals surface area contributed by atoms with Gasteiger partial charge in [0.15, 0.2) is 0 Å². The Kier molecular flexibility index (Phi) is 2.83. The Balaban J connectivity index is 3.54. The molecule has 1 aromatic rings. The number of nitro groups is 1. The molecule has 0 saturated heterocycles. The maximum Gasteiger partial charge on any atom is 0.308 e. The number of hydrogen-bond donors (Lipinski definition) is 1. The molecule has 0 fully saturated rings. The molecule has 9 heteroatoms. The topological polar surface area (TPSA) is 116 Å². The van der Waals surface area contributed by atoms with E-state index in [1.54, 1.807) is 0 Å². The Morgan fingerprint density at radius 1 is 1.50 bits per heavy atom. The molecule has 0 amide bonds. The summed E-state index contributed by atoms with van der Waals surface area (Å²) in [7, 11) is -4.18. The van der Waals surface area contributed by atoms with Gasteiger partial charge in [-0.2, -0.15) is 0 Å². The molecule has 0 radical (unpaired) electrons. The molecule has 0 aromatic carbocycles. The number of rotatable bonds is 2. The highest BCUT2D eigenvalue weighted by atomic mass is 79.9. The first kappa shape index (κ1) is 11.0. The van der Waals surface area contributed by atoms with E-state index in [4.69, 9.17) is 5.14 Å². The van der Waals surface area contributed by atoms with Crippen LogP contribution in [0.25, 0.3) is 0 Å². The molecule has 1 aromatic heterocycles. The average molecular weight is 282 g/mol. The number of hydrogen-bond acceptors (Lipinski definition) is 5. The summed E-state index contributed by atoms with van der Waals surface area (Å²) < 4.78 is 22.0. The molecule has 14 heavy (non-hydrogen) atoms. The van der Waals surface area contributed by atoms with E-state index in [1.807, 2.05) is 0 Å². The van der Waals surface area contributed by atoms with Crippen LogP contribution >= 0.6 is 15.9 Å². The third-order valence-electron chi connectivity index (χ3n) is 1.27. The molecular weight excluding hydrogens is 278 g/mol. The van der Waals surface area contributed by atoms with Crippen LogP contribution in [0.5, 0.6) is 0 Å². The molecule has 0 aliphatic carbocycles. The smallest absolute Gasteiger partial charge is 0.258 e. The molecule has 0 aliphatic heterocycles. The van der Waals surface area contributed by atoms with Crippen molar-refractivity contribution in [1.29, 1.82) is 0 Å². The van der Waals surface area contributed by atoms with Gasteiger partial charge in [-0.1, -0.05) is 0 Å². The van der Waals surface area contributed by atoms with Crippen molar-refractivity contribution in [1.82, 2.24) is 4.98 Å². The van der Waals surface area contributed by atoms with Crippen LogP contribution in [0, 0.1) is 10.1 Å². The predicted molar refractivity (Wildman–Crippen MR) is 50.0 cm³/mol. The van der Waals surface area contributed by atoms with Gasteiger partial charge in [-0.05, 0) is 22.0 Å². The highest BCUT2D eigenvalue weighted by molar-refractivity contribution is 9.10. The van der Waals surface area contributed by atoms with Crippen molar-refractivity contribution in [2.45, 2.75) is 5.03 Å². The summed E-state index contributed by atoms with van der Waals surface area (Å²) in [6.07, 6.45) is 0. The maximum absolute atomic E-state index is 10.9. The van der Waals surface area contributed by atoms with Gasteiger partial charge in [0.25, 0.3) is 10.0 Å². The van der Waals surface area contributed by atoms with Gasteiger partial charge in [0.05, 0.1) is 4.92 Å². The number of nitrogens with two attached hydrogens (primary N) is 1. The van der Waals surface area contributed by atoms with Gasteiger partial charge in [-0.15, -0.1) is 0 Å². The average Bonchev–Trinajstić information content (AvgIpc) is 2.01. The van der Waals surface area contributed by atoms with Gasteiger partial charge in [0, 0.05) is 6.07 Å². The van der Waals surface area contributed by atoms with Crippen LogP contribution in [-0.2, 0) is 10.0 Å². The van der Waals surface area contributed by atoms with Crippen LogP contribution in [-0.4, -0.2) is 18.3 Å². The third kappa shape index (κ3) is 2.25. The summed E-state index contributed by atoms with van der Waals surface area (Å²) in [6.45, 7) is 0. The van der Waals surface area contributed by atoms with Gasteiger partial charge in [0.2, 0.25) is 5.03 Å². The van der Waals surface area contributed by atoms with Gasteiger partial charge in [-0.25, -0.2) is 18.5 Å². The number of pyridine rings is 1. The first-order valence-electron chi connectivity index (χ1n) is 3.16. The fourth-order valence-corrected chi connectivity index (χ4v) is 1.85. The van der Waals surface area contributed by atoms with Crippen LogP contribution < -0.4 is 5.14 Å². The Labute approximate surface area is 87.3 Å². The molecule has 0 aliphatic rings. The maximum atomic E-state index is 10.9. The van der Waals surface area contributed by atoms with Crippen LogP contribution in [0.2, 0.25) is 0 Å². The van der Waals surface area contributed by atoms with Crippen molar-refractivity contribution in [3.63, 3.8) is 0 Å². The van der Waals surface area contributed by atoms with Gasteiger partial charge < -0.3 is 0 Å². The van der Waals surface area contributed by atoms with Crippen molar-refractivity contribution in [2.75, 3.05) is 0 Å². The predicted octanol–water partition coefficient (Wildman–Crippen LogP) is 0.400. The van der Waals surface area contributed by atoms with E-state index >= 15 is 0 Å². The summed E-state index contributed by atoms with van der Waals surface area (Å²) in [5.74, 6) is 0. The van der Waals surface area contributed by atoms with Crippen molar-refractivity contribution in [2.24, 2.45) is 5.14 Å². The largest absolute Gasteiger partial charge is 0.308 e. The fourth-order valence-electron chi connectivity index (χ4n) is 0.759. The van der Waals surface area contributed by atoms with Gasteiger partial charge in [-0.3, -0.25) is 10.1 Å². The lowest BCUT2D eigenvalue weighted by molar-refractivity contribution is -0.388. The Bertz CT molecular complexity index is 486. The molecule has 0 unspecified atom stereocenters. The Morgan fingerprint density at radius 2 is 2.07 bits per heavy atom. The minimum atomic E-state index is -4.18. The lowest BCUT2D eigenvalue weighted by Crippen LogP contribution is -2.16. The van der Waals surface area contributed by atoms with Crippen molar-refractivity contribution < 1.29 is 13.3 Å². The van der Waals surface area contributed by atoms with Crippen LogP contribution in [0.3, 0.4) is 0 Å². The Hall–Kier alpha value is -1.06. The fraction of sp³-hybridized carbons (Fsp3) is 0. The third-order valence-corrected chi connectivity index (χ3v) is 2.55. The summed E-state index contributed by atoms with van der Waals surface area (Å²) in [5.41, 5.74) is -0.643. The SMILES string of the molecule is NS(=O)(=O)c1nc(Br)ccc1[N+](=O)[O-].